The number of carboxylic acids is 1. The predicted octanol–water partition coefficient (Wildman–Crippen LogP) is 3.69. The van der Waals surface area contributed by atoms with Crippen molar-refractivity contribution in [3.63, 3.8) is 0 Å². The third kappa shape index (κ3) is 2.88. The molecular weight excluding hydrogens is 302 g/mol. The van der Waals surface area contributed by atoms with Crippen molar-refractivity contribution in [2.24, 2.45) is 5.92 Å². The summed E-state index contributed by atoms with van der Waals surface area (Å²) < 4.78 is 0. The van der Waals surface area contributed by atoms with Crippen LogP contribution in [0.5, 0.6) is 0 Å². The van der Waals surface area contributed by atoms with Crippen LogP contribution in [-0.2, 0) is 4.79 Å². The van der Waals surface area contributed by atoms with Gasteiger partial charge in [0.1, 0.15) is 6.54 Å². The van der Waals surface area contributed by atoms with Crippen molar-refractivity contribution in [3.8, 4) is 0 Å². The second kappa shape index (κ2) is 5.69. The van der Waals surface area contributed by atoms with E-state index in [9.17, 15) is 4.79 Å². The number of fused-ring (bicyclic) bond motifs is 1. The fourth-order valence-corrected chi connectivity index (χ4v) is 4.11. The van der Waals surface area contributed by atoms with E-state index in [0.29, 0.717) is 15.9 Å². The number of thiocarbonyl (C=S) groups is 1. The van der Waals surface area contributed by atoms with Gasteiger partial charge < -0.3 is 10.0 Å². The molecule has 0 saturated heterocycles. The molecule has 0 aromatic heterocycles. The smallest absolute Gasteiger partial charge is 0.323 e. The number of benzene rings is 1. The van der Waals surface area contributed by atoms with Gasteiger partial charge in [0.2, 0.25) is 0 Å². The minimum atomic E-state index is -0.900. The van der Waals surface area contributed by atoms with Crippen LogP contribution in [0.4, 0.5) is 5.69 Å². The molecule has 1 aromatic carbocycles. The molecule has 0 fully saturated rings. The maximum absolute atomic E-state index is 11.0. The fraction of sp³-hybridized carbons (Fsp3) is 0.385. The number of rotatable bonds is 3. The molecule has 102 valence electrons. The molecule has 2 rings (SSSR count). The Morgan fingerprint density at radius 2 is 2.26 bits per heavy atom. The maximum atomic E-state index is 11.0. The Balaban J connectivity index is 2.49. The molecule has 0 amide bonds. The third-order valence-electron chi connectivity index (χ3n) is 2.89. The maximum Gasteiger partial charge on any atom is 0.323 e. The second-order valence-electron chi connectivity index (χ2n) is 4.69. The summed E-state index contributed by atoms with van der Waals surface area (Å²) in [6, 6.07) is 5.49. The van der Waals surface area contributed by atoms with E-state index < -0.39 is 5.97 Å². The summed E-state index contributed by atoms with van der Waals surface area (Å²) in [4.78, 5) is 14.3. The summed E-state index contributed by atoms with van der Waals surface area (Å²) in [5.74, 6) is -0.583. The molecule has 0 aliphatic carbocycles. The summed E-state index contributed by atoms with van der Waals surface area (Å²) in [5.41, 5.74) is 0.793. The highest BCUT2D eigenvalue weighted by molar-refractivity contribution is 8.02. The number of halogens is 1. The van der Waals surface area contributed by atoms with Crippen LogP contribution in [0, 0.1) is 5.92 Å². The van der Waals surface area contributed by atoms with Crippen molar-refractivity contribution < 1.29 is 9.90 Å². The highest BCUT2D eigenvalue weighted by Crippen LogP contribution is 2.45. The molecular formula is C13H14ClNO2S2. The topological polar surface area (TPSA) is 40.5 Å². The normalized spacial score (nSPS) is 18.6. The fourth-order valence-electron chi connectivity index (χ4n) is 2.00. The van der Waals surface area contributed by atoms with Gasteiger partial charge in [-0.15, -0.1) is 11.8 Å². The van der Waals surface area contributed by atoms with Gasteiger partial charge in [-0.1, -0.05) is 43.7 Å². The Hall–Kier alpha value is -0.780. The van der Waals surface area contributed by atoms with Crippen LogP contribution in [0.25, 0.3) is 0 Å². The van der Waals surface area contributed by atoms with E-state index in [4.69, 9.17) is 28.9 Å². The molecule has 1 atom stereocenters. The Kier molecular flexibility index (Phi) is 4.38. The van der Waals surface area contributed by atoms with Crippen LogP contribution >= 0.6 is 35.6 Å². The van der Waals surface area contributed by atoms with E-state index in [1.54, 1.807) is 16.7 Å². The van der Waals surface area contributed by atoms with Crippen LogP contribution in [0.2, 0.25) is 5.02 Å². The van der Waals surface area contributed by atoms with Crippen LogP contribution < -0.4 is 4.90 Å². The van der Waals surface area contributed by atoms with E-state index in [-0.39, 0.29) is 11.8 Å². The van der Waals surface area contributed by atoms with Crippen molar-refractivity contribution >= 4 is 52.2 Å². The lowest BCUT2D eigenvalue weighted by Crippen LogP contribution is -2.44. The number of nitrogens with zero attached hydrogens (tertiary/aromatic N) is 1. The van der Waals surface area contributed by atoms with E-state index in [2.05, 4.69) is 13.8 Å². The number of carboxylic acid groups (broad SMARTS) is 1. The number of hydrogen-bond donors (Lipinski definition) is 1. The lowest BCUT2D eigenvalue weighted by atomic mass is 10.1. The quantitative estimate of drug-likeness (QED) is 0.861. The van der Waals surface area contributed by atoms with Crippen LogP contribution in [-0.4, -0.2) is 27.9 Å². The van der Waals surface area contributed by atoms with E-state index in [1.165, 1.54) is 0 Å². The number of thioether (sulfide) groups is 1. The lowest BCUT2D eigenvalue weighted by Gasteiger charge is -2.37. The average molecular weight is 316 g/mol. The van der Waals surface area contributed by atoms with Gasteiger partial charge in [0.25, 0.3) is 0 Å². The van der Waals surface area contributed by atoms with E-state index in [1.807, 2.05) is 18.2 Å². The summed E-state index contributed by atoms with van der Waals surface area (Å²) in [5, 5.41) is 9.78. The molecule has 1 aliphatic heterocycles. The van der Waals surface area contributed by atoms with Gasteiger partial charge in [-0.25, -0.2) is 0 Å². The van der Waals surface area contributed by atoms with Gasteiger partial charge >= 0.3 is 5.97 Å². The van der Waals surface area contributed by atoms with Crippen molar-refractivity contribution in [2.45, 2.75) is 24.0 Å². The molecule has 0 radical (unpaired) electrons. The summed E-state index contributed by atoms with van der Waals surface area (Å²) in [6.07, 6.45) is 0. The first-order valence-electron chi connectivity index (χ1n) is 5.90. The standard InChI is InChI=1S/C13H14ClNO2S2/c1-7(2)11-13(18)15(6-10(16)17)9-5-3-4-8(14)12(9)19-11/h3-5,7,11H,6H2,1-2H3,(H,16,17). The zero-order valence-corrected chi connectivity index (χ0v) is 13.0. The van der Waals surface area contributed by atoms with Gasteiger partial charge in [0.15, 0.2) is 0 Å². The Labute approximate surface area is 126 Å². The highest BCUT2D eigenvalue weighted by Gasteiger charge is 2.34. The largest absolute Gasteiger partial charge is 0.480 e. The lowest BCUT2D eigenvalue weighted by molar-refractivity contribution is -0.135. The van der Waals surface area contributed by atoms with E-state index in [0.717, 1.165) is 10.6 Å². The van der Waals surface area contributed by atoms with Gasteiger partial charge in [-0.05, 0) is 18.1 Å². The van der Waals surface area contributed by atoms with Crippen molar-refractivity contribution in [2.75, 3.05) is 11.4 Å². The van der Waals surface area contributed by atoms with Gasteiger partial charge in [0.05, 0.1) is 25.8 Å². The van der Waals surface area contributed by atoms with Crippen molar-refractivity contribution in [3.05, 3.63) is 23.2 Å². The zero-order chi connectivity index (χ0) is 14.2. The first kappa shape index (κ1) is 14.6. The molecule has 19 heavy (non-hydrogen) atoms. The number of anilines is 1. The monoisotopic (exact) mass is 315 g/mol. The molecule has 6 heteroatoms. The number of aliphatic carboxylic acids is 1. The highest BCUT2D eigenvalue weighted by atomic mass is 35.5. The van der Waals surface area contributed by atoms with Crippen molar-refractivity contribution in [1.29, 1.82) is 0 Å². The minimum Gasteiger partial charge on any atom is -0.480 e. The Morgan fingerprint density at radius 3 is 2.84 bits per heavy atom. The Bertz CT molecular complexity index is 533. The third-order valence-corrected chi connectivity index (χ3v) is 5.63. The molecule has 0 saturated carbocycles. The zero-order valence-electron chi connectivity index (χ0n) is 10.6. The molecule has 1 unspecified atom stereocenters. The summed E-state index contributed by atoms with van der Waals surface area (Å²) in [6.45, 7) is 4.02. The van der Waals surface area contributed by atoms with Gasteiger partial charge in [0, 0.05) is 0 Å². The minimum absolute atomic E-state index is 0.0711. The molecule has 3 nitrogen and oxygen atoms in total. The van der Waals surface area contributed by atoms with Gasteiger partial charge in [-0.3, -0.25) is 4.79 Å². The van der Waals surface area contributed by atoms with Crippen LogP contribution in [0.1, 0.15) is 13.8 Å². The molecule has 1 heterocycles. The van der Waals surface area contributed by atoms with Crippen LogP contribution in [0.15, 0.2) is 23.1 Å². The average Bonchev–Trinajstić information content (AvgIpc) is 2.32. The number of hydrogen-bond acceptors (Lipinski definition) is 3. The Morgan fingerprint density at radius 1 is 1.58 bits per heavy atom. The van der Waals surface area contributed by atoms with Crippen molar-refractivity contribution in [1.82, 2.24) is 0 Å². The summed E-state index contributed by atoms with van der Waals surface area (Å²) in [7, 11) is 0. The molecule has 1 aliphatic rings. The van der Waals surface area contributed by atoms with Gasteiger partial charge in [-0.2, -0.15) is 0 Å². The summed E-state index contributed by atoms with van der Waals surface area (Å²) >= 11 is 13.3. The van der Waals surface area contributed by atoms with E-state index >= 15 is 0 Å². The molecule has 0 bridgehead atoms. The molecule has 1 aromatic rings. The predicted molar refractivity (Wildman–Crippen MR) is 83.5 cm³/mol. The first-order valence-corrected chi connectivity index (χ1v) is 7.56. The SMILES string of the molecule is CC(C)C1Sc2c(Cl)cccc2N(CC(=O)O)C1=S. The molecule has 0 spiro atoms. The first-order chi connectivity index (χ1) is 8.91. The second-order valence-corrected chi connectivity index (χ2v) is 6.67. The van der Waals surface area contributed by atoms with Crippen LogP contribution in [0.3, 0.4) is 0 Å². The number of carbonyl (C=O) groups is 1. The molecule has 1 N–H and O–H groups in total.